The molecule has 118 valence electrons. The molecule has 1 heterocycles. The number of carbonyl (C=O) groups is 1. The van der Waals surface area contributed by atoms with E-state index >= 15 is 0 Å². The number of nitrogens with one attached hydrogen (secondary N) is 2. The van der Waals surface area contributed by atoms with E-state index in [0.717, 1.165) is 30.5 Å². The van der Waals surface area contributed by atoms with E-state index in [1.807, 2.05) is 38.1 Å². The van der Waals surface area contributed by atoms with Crippen molar-refractivity contribution in [2.75, 3.05) is 19.6 Å². The minimum Gasteiger partial charge on any atom is -0.387 e. The SMILES string of the molecule is Cc1cccc(C(O)CNC(=O)C2(C)CCCNC2)c1.Cl. The van der Waals surface area contributed by atoms with Crippen LogP contribution < -0.4 is 10.6 Å². The van der Waals surface area contributed by atoms with E-state index in [2.05, 4.69) is 10.6 Å². The number of halogens is 1. The van der Waals surface area contributed by atoms with Gasteiger partial charge in [-0.25, -0.2) is 0 Å². The molecule has 3 N–H and O–H groups in total. The van der Waals surface area contributed by atoms with Crippen LogP contribution in [0, 0.1) is 12.3 Å². The zero-order chi connectivity index (χ0) is 14.6. The van der Waals surface area contributed by atoms with Gasteiger partial charge < -0.3 is 15.7 Å². The van der Waals surface area contributed by atoms with Crippen LogP contribution in [0.4, 0.5) is 0 Å². The van der Waals surface area contributed by atoms with Gasteiger partial charge in [-0.15, -0.1) is 12.4 Å². The molecule has 0 saturated carbocycles. The van der Waals surface area contributed by atoms with Gasteiger partial charge in [0.25, 0.3) is 0 Å². The molecule has 1 amide bonds. The Morgan fingerprint density at radius 2 is 2.29 bits per heavy atom. The molecule has 0 spiro atoms. The molecule has 1 aliphatic rings. The molecule has 0 radical (unpaired) electrons. The van der Waals surface area contributed by atoms with Crippen molar-refractivity contribution in [3.05, 3.63) is 35.4 Å². The summed E-state index contributed by atoms with van der Waals surface area (Å²) in [6, 6.07) is 7.74. The van der Waals surface area contributed by atoms with Crippen LogP contribution in [0.15, 0.2) is 24.3 Å². The lowest BCUT2D eigenvalue weighted by Gasteiger charge is -2.33. The summed E-state index contributed by atoms with van der Waals surface area (Å²) in [6.07, 6.45) is 1.26. The second-order valence-corrected chi connectivity index (χ2v) is 5.98. The summed E-state index contributed by atoms with van der Waals surface area (Å²) >= 11 is 0. The molecular weight excluding hydrogens is 288 g/mol. The first-order chi connectivity index (χ1) is 9.51. The Hall–Kier alpha value is -1.10. The standard InChI is InChI=1S/C16H24N2O2.ClH/c1-12-5-3-6-13(9-12)14(19)10-18-15(20)16(2)7-4-8-17-11-16;/h3,5-6,9,14,17,19H,4,7-8,10-11H2,1-2H3,(H,18,20);1H. The van der Waals surface area contributed by atoms with Gasteiger partial charge in [0.2, 0.25) is 5.91 Å². The highest BCUT2D eigenvalue weighted by Crippen LogP contribution is 2.25. The van der Waals surface area contributed by atoms with E-state index in [-0.39, 0.29) is 30.3 Å². The van der Waals surface area contributed by atoms with Crippen LogP contribution in [-0.2, 0) is 4.79 Å². The summed E-state index contributed by atoms with van der Waals surface area (Å²) in [7, 11) is 0. The quantitative estimate of drug-likeness (QED) is 0.796. The molecule has 4 nitrogen and oxygen atoms in total. The highest BCUT2D eigenvalue weighted by molar-refractivity contribution is 5.85. The number of amides is 1. The summed E-state index contributed by atoms with van der Waals surface area (Å²) in [4.78, 5) is 12.3. The molecule has 0 aliphatic carbocycles. The topological polar surface area (TPSA) is 61.4 Å². The van der Waals surface area contributed by atoms with Crippen molar-refractivity contribution in [3.8, 4) is 0 Å². The maximum Gasteiger partial charge on any atom is 0.227 e. The van der Waals surface area contributed by atoms with Crippen LogP contribution in [0.2, 0.25) is 0 Å². The van der Waals surface area contributed by atoms with Crippen LogP contribution in [-0.4, -0.2) is 30.6 Å². The molecule has 2 rings (SSSR count). The van der Waals surface area contributed by atoms with Crippen LogP contribution in [0.1, 0.15) is 37.0 Å². The number of piperidine rings is 1. The van der Waals surface area contributed by atoms with E-state index in [4.69, 9.17) is 0 Å². The lowest BCUT2D eigenvalue weighted by Crippen LogP contribution is -2.49. The van der Waals surface area contributed by atoms with E-state index in [1.165, 1.54) is 0 Å². The summed E-state index contributed by atoms with van der Waals surface area (Å²) in [5.74, 6) is 0.0244. The van der Waals surface area contributed by atoms with Crippen LogP contribution in [0.5, 0.6) is 0 Å². The number of carbonyl (C=O) groups excluding carboxylic acids is 1. The van der Waals surface area contributed by atoms with Gasteiger partial charge >= 0.3 is 0 Å². The third-order valence-corrected chi connectivity index (χ3v) is 4.03. The molecule has 1 fully saturated rings. The minimum absolute atomic E-state index is 0. The molecular formula is C16H25ClN2O2. The molecule has 2 unspecified atom stereocenters. The lowest BCUT2D eigenvalue weighted by molar-refractivity contribution is -0.131. The average molecular weight is 313 g/mol. The maximum absolute atomic E-state index is 12.3. The summed E-state index contributed by atoms with van der Waals surface area (Å²) in [5.41, 5.74) is 1.60. The molecule has 0 bridgehead atoms. The summed E-state index contributed by atoms with van der Waals surface area (Å²) in [5, 5.41) is 16.3. The van der Waals surface area contributed by atoms with Crippen molar-refractivity contribution in [2.45, 2.75) is 32.8 Å². The first-order valence-corrected chi connectivity index (χ1v) is 7.25. The second kappa shape index (κ2) is 7.78. The highest BCUT2D eigenvalue weighted by atomic mass is 35.5. The monoisotopic (exact) mass is 312 g/mol. The first-order valence-electron chi connectivity index (χ1n) is 7.25. The van der Waals surface area contributed by atoms with Crippen molar-refractivity contribution < 1.29 is 9.90 Å². The van der Waals surface area contributed by atoms with Crippen molar-refractivity contribution in [1.82, 2.24) is 10.6 Å². The van der Waals surface area contributed by atoms with Crippen molar-refractivity contribution in [2.24, 2.45) is 5.41 Å². The van der Waals surface area contributed by atoms with E-state index in [1.54, 1.807) is 0 Å². The molecule has 5 heteroatoms. The number of hydrogen-bond acceptors (Lipinski definition) is 3. The van der Waals surface area contributed by atoms with Gasteiger partial charge in [0.1, 0.15) is 0 Å². The normalized spacial score (nSPS) is 23.0. The van der Waals surface area contributed by atoms with Gasteiger partial charge in [0.15, 0.2) is 0 Å². The van der Waals surface area contributed by atoms with Crippen molar-refractivity contribution >= 4 is 18.3 Å². The number of aliphatic hydroxyl groups is 1. The van der Waals surface area contributed by atoms with Gasteiger partial charge in [-0.05, 0) is 38.8 Å². The van der Waals surface area contributed by atoms with Gasteiger partial charge in [-0.1, -0.05) is 29.8 Å². The minimum atomic E-state index is -0.654. The largest absolute Gasteiger partial charge is 0.387 e. The molecule has 1 aliphatic heterocycles. The van der Waals surface area contributed by atoms with E-state index < -0.39 is 6.10 Å². The van der Waals surface area contributed by atoms with E-state index in [0.29, 0.717) is 6.54 Å². The predicted molar refractivity (Wildman–Crippen MR) is 86.6 cm³/mol. The second-order valence-electron chi connectivity index (χ2n) is 5.98. The molecule has 1 aromatic rings. The number of rotatable bonds is 4. The Morgan fingerprint density at radius 1 is 1.52 bits per heavy atom. The Bertz CT molecular complexity index is 473. The molecule has 1 aromatic carbocycles. The average Bonchev–Trinajstić information content (AvgIpc) is 2.45. The predicted octanol–water partition coefficient (Wildman–Crippen LogP) is 1.96. The van der Waals surface area contributed by atoms with Gasteiger partial charge in [-0.3, -0.25) is 4.79 Å². The fourth-order valence-corrected chi connectivity index (χ4v) is 2.65. The Kier molecular flexibility index (Phi) is 6.65. The highest BCUT2D eigenvalue weighted by Gasteiger charge is 2.34. The van der Waals surface area contributed by atoms with Crippen LogP contribution in [0.25, 0.3) is 0 Å². The Labute approximate surface area is 132 Å². The summed E-state index contributed by atoms with van der Waals surface area (Å²) < 4.78 is 0. The molecule has 2 atom stereocenters. The van der Waals surface area contributed by atoms with Gasteiger partial charge in [-0.2, -0.15) is 0 Å². The first kappa shape index (κ1) is 18.0. The zero-order valence-corrected chi connectivity index (χ0v) is 13.5. The molecule has 21 heavy (non-hydrogen) atoms. The maximum atomic E-state index is 12.3. The lowest BCUT2D eigenvalue weighted by atomic mass is 9.82. The van der Waals surface area contributed by atoms with Crippen LogP contribution in [0.3, 0.4) is 0 Å². The molecule has 0 aromatic heterocycles. The number of aryl methyl sites for hydroxylation is 1. The van der Waals surface area contributed by atoms with Gasteiger partial charge in [0, 0.05) is 13.1 Å². The Morgan fingerprint density at radius 3 is 2.90 bits per heavy atom. The summed E-state index contributed by atoms with van der Waals surface area (Å²) in [6.45, 7) is 5.92. The van der Waals surface area contributed by atoms with Crippen LogP contribution >= 0.6 is 12.4 Å². The smallest absolute Gasteiger partial charge is 0.227 e. The zero-order valence-electron chi connectivity index (χ0n) is 12.7. The third kappa shape index (κ3) is 4.70. The Balaban J connectivity index is 0.00000220. The number of hydrogen-bond donors (Lipinski definition) is 3. The number of benzene rings is 1. The molecule has 1 saturated heterocycles. The van der Waals surface area contributed by atoms with Crippen molar-refractivity contribution in [3.63, 3.8) is 0 Å². The third-order valence-electron chi connectivity index (χ3n) is 4.03. The van der Waals surface area contributed by atoms with Gasteiger partial charge in [0.05, 0.1) is 11.5 Å². The fraction of sp³-hybridized carbons (Fsp3) is 0.562. The van der Waals surface area contributed by atoms with Crippen molar-refractivity contribution in [1.29, 1.82) is 0 Å². The fourth-order valence-electron chi connectivity index (χ4n) is 2.65. The van der Waals surface area contributed by atoms with E-state index in [9.17, 15) is 9.90 Å². The number of aliphatic hydroxyl groups excluding tert-OH is 1.